The van der Waals surface area contributed by atoms with Gasteiger partial charge in [0, 0.05) is 0 Å². The van der Waals surface area contributed by atoms with Gasteiger partial charge in [-0.2, -0.15) is 0 Å². The molecule has 0 aromatic carbocycles. The SMILES string of the molecule is C=CC[O][Sn]([CH2]C)([CH2]C)[CH2]C. The predicted molar refractivity (Wildman–Crippen MR) is 53.3 cm³/mol. The first-order valence-corrected chi connectivity index (χ1v) is 11.7. The first kappa shape index (κ1) is 11.5. The molecule has 1 nitrogen and oxygen atoms in total. The zero-order chi connectivity index (χ0) is 8.74. The van der Waals surface area contributed by atoms with Crippen LogP contribution in [0.15, 0.2) is 12.7 Å². The van der Waals surface area contributed by atoms with E-state index in [1.54, 1.807) is 0 Å². The molecule has 0 fully saturated rings. The van der Waals surface area contributed by atoms with Crippen LogP contribution >= 0.6 is 0 Å². The molecule has 66 valence electrons. The van der Waals surface area contributed by atoms with Crippen LogP contribution in [0.2, 0.25) is 13.3 Å². The zero-order valence-corrected chi connectivity index (χ0v) is 10.9. The quantitative estimate of drug-likeness (QED) is 0.528. The molecular formula is C9H20OSn. The van der Waals surface area contributed by atoms with Crippen LogP contribution in [0.4, 0.5) is 0 Å². The van der Waals surface area contributed by atoms with E-state index in [2.05, 4.69) is 27.4 Å². The Morgan fingerprint density at radius 1 is 1.18 bits per heavy atom. The van der Waals surface area contributed by atoms with E-state index >= 15 is 0 Å². The number of hydrogen-bond acceptors (Lipinski definition) is 1. The summed E-state index contributed by atoms with van der Waals surface area (Å²) in [6.07, 6.45) is 1.87. The van der Waals surface area contributed by atoms with E-state index < -0.39 is 18.8 Å². The molecule has 0 bridgehead atoms. The standard InChI is InChI=1S/C3H5O.3C2H5.Sn/c1-2-3-4;3*1-2;/h2H,1,3H2;3*1H2,2H3;/q-1;;;;+1. The van der Waals surface area contributed by atoms with E-state index in [9.17, 15) is 0 Å². The summed E-state index contributed by atoms with van der Waals surface area (Å²) >= 11 is -2.03. The van der Waals surface area contributed by atoms with Crippen LogP contribution in [0, 0.1) is 0 Å². The molecular weight excluding hydrogens is 243 g/mol. The monoisotopic (exact) mass is 264 g/mol. The van der Waals surface area contributed by atoms with E-state index in [1.165, 1.54) is 13.3 Å². The third-order valence-corrected chi connectivity index (χ3v) is 15.7. The van der Waals surface area contributed by atoms with Gasteiger partial charge in [0.1, 0.15) is 0 Å². The Bertz CT molecular complexity index is 99.9. The predicted octanol–water partition coefficient (Wildman–Crippen LogP) is 3.19. The number of hydrogen-bond donors (Lipinski definition) is 0. The van der Waals surface area contributed by atoms with Crippen molar-refractivity contribution in [2.45, 2.75) is 34.1 Å². The molecule has 0 rings (SSSR count). The van der Waals surface area contributed by atoms with Crippen molar-refractivity contribution in [3.05, 3.63) is 12.7 Å². The van der Waals surface area contributed by atoms with Crippen LogP contribution in [0.1, 0.15) is 20.8 Å². The maximum absolute atomic E-state index is 5.92. The molecule has 0 heterocycles. The van der Waals surface area contributed by atoms with Crippen molar-refractivity contribution in [2.24, 2.45) is 0 Å². The summed E-state index contributed by atoms with van der Waals surface area (Å²) < 4.78 is 9.82. The zero-order valence-electron chi connectivity index (χ0n) is 8.02. The van der Waals surface area contributed by atoms with E-state index in [4.69, 9.17) is 3.07 Å². The van der Waals surface area contributed by atoms with Crippen LogP contribution in [-0.4, -0.2) is 25.4 Å². The molecule has 0 saturated carbocycles. The van der Waals surface area contributed by atoms with Gasteiger partial charge in [-0.05, 0) is 0 Å². The summed E-state index contributed by atoms with van der Waals surface area (Å²) in [5, 5.41) is 0. The number of rotatable bonds is 6. The van der Waals surface area contributed by atoms with E-state index in [-0.39, 0.29) is 0 Å². The van der Waals surface area contributed by atoms with Gasteiger partial charge in [-0.25, -0.2) is 0 Å². The van der Waals surface area contributed by atoms with E-state index in [0.29, 0.717) is 0 Å². The Balaban J connectivity index is 3.93. The van der Waals surface area contributed by atoms with Gasteiger partial charge < -0.3 is 0 Å². The molecule has 0 saturated heterocycles. The fourth-order valence-electron chi connectivity index (χ4n) is 1.29. The molecule has 0 radical (unpaired) electrons. The fourth-order valence-corrected chi connectivity index (χ4v) is 8.67. The normalized spacial score (nSPS) is 11.5. The van der Waals surface area contributed by atoms with Crippen molar-refractivity contribution in [3.8, 4) is 0 Å². The van der Waals surface area contributed by atoms with Crippen molar-refractivity contribution in [1.82, 2.24) is 0 Å². The second kappa shape index (κ2) is 6.06. The molecule has 0 aliphatic heterocycles. The molecule has 0 N–H and O–H groups in total. The van der Waals surface area contributed by atoms with E-state index in [1.807, 2.05) is 6.08 Å². The summed E-state index contributed by atoms with van der Waals surface area (Å²) in [4.78, 5) is 0. The van der Waals surface area contributed by atoms with Crippen LogP contribution < -0.4 is 0 Å². The summed E-state index contributed by atoms with van der Waals surface area (Å²) in [5.74, 6) is 0. The van der Waals surface area contributed by atoms with Gasteiger partial charge in [0.25, 0.3) is 0 Å². The molecule has 2 heteroatoms. The van der Waals surface area contributed by atoms with Gasteiger partial charge in [-0.1, -0.05) is 0 Å². The molecule has 0 aromatic rings. The third kappa shape index (κ3) is 3.61. The second-order valence-electron chi connectivity index (χ2n) is 2.84. The van der Waals surface area contributed by atoms with Gasteiger partial charge in [0.05, 0.1) is 0 Å². The van der Waals surface area contributed by atoms with Crippen molar-refractivity contribution >= 4 is 18.8 Å². The Hall–Kier alpha value is 0.499. The van der Waals surface area contributed by atoms with Crippen LogP contribution in [-0.2, 0) is 3.07 Å². The summed E-state index contributed by atoms with van der Waals surface area (Å²) in [6, 6.07) is 0. The molecule has 11 heavy (non-hydrogen) atoms. The minimum atomic E-state index is -2.03. The van der Waals surface area contributed by atoms with Gasteiger partial charge in [-0.3, -0.25) is 0 Å². The Kier molecular flexibility index (Phi) is 6.34. The maximum atomic E-state index is 5.92. The molecule has 0 atom stereocenters. The Morgan fingerprint density at radius 3 is 1.91 bits per heavy atom. The second-order valence-corrected chi connectivity index (χ2v) is 16.5. The van der Waals surface area contributed by atoms with Crippen molar-refractivity contribution in [2.75, 3.05) is 6.61 Å². The van der Waals surface area contributed by atoms with Crippen molar-refractivity contribution in [3.63, 3.8) is 0 Å². The molecule has 0 spiro atoms. The van der Waals surface area contributed by atoms with Crippen molar-refractivity contribution < 1.29 is 3.07 Å². The first-order valence-electron chi connectivity index (χ1n) is 4.49. The van der Waals surface area contributed by atoms with E-state index in [0.717, 1.165) is 6.61 Å². The molecule has 0 aliphatic rings. The fraction of sp³-hybridized carbons (Fsp3) is 0.778. The first-order chi connectivity index (χ1) is 5.24. The average molecular weight is 263 g/mol. The van der Waals surface area contributed by atoms with Crippen LogP contribution in [0.25, 0.3) is 0 Å². The van der Waals surface area contributed by atoms with Gasteiger partial charge >= 0.3 is 75.2 Å². The molecule has 0 aromatic heterocycles. The summed E-state index contributed by atoms with van der Waals surface area (Å²) in [5.41, 5.74) is 0. The third-order valence-electron chi connectivity index (χ3n) is 2.44. The minimum absolute atomic E-state index is 0.769. The van der Waals surface area contributed by atoms with Crippen molar-refractivity contribution in [1.29, 1.82) is 0 Å². The average Bonchev–Trinajstić information content (AvgIpc) is 2.08. The molecule has 0 aliphatic carbocycles. The van der Waals surface area contributed by atoms with Crippen LogP contribution in [0.5, 0.6) is 0 Å². The summed E-state index contributed by atoms with van der Waals surface area (Å²) in [7, 11) is 0. The Morgan fingerprint density at radius 2 is 1.64 bits per heavy atom. The van der Waals surface area contributed by atoms with Gasteiger partial charge in [-0.15, -0.1) is 0 Å². The van der Waals surface area contributed by atoms with Gasteiger partial charge in [0.15, 0.2) is 0 Å². The van der Waals surface area contributed by atoms with Gasteiger partial charge in [0.2, 0.25) is 0 Å². The molecule has 0 unspecified atom stereocenters. The topological polar surface area (TPSA) is 9.23 Å². The Labute approximate surface area is 75.2 Å². The summed E-state index contributed by atoms with van der Waals surface area (Å²) in [6.45, 7) is 11.3. The molecule has 0 amide bonds. The van der Waals surface area contributed by atoms with Crippen LogP contribution in [0.3, 0.4) is 0 Å².